The SMILES string of the molecule is COC(=O)c1cc(S(=O)(=O)N2CCC[C@H](C)C2)c(Br)s1. The van der Waals surface area contributed by atoms with Crippen LogP contribution in [0.5, 0.6) is 0 Å². The lowest BCUT2D eigenvalue weighted by atomic mass is 10.0. The van der Waals surface area contributed by atoms with Crippen LogP contribution in [0.25, 0.3) is 0 Å². The van der Waals surface area contributed by atoms with Gasteiger partial charge in [-0.1, -0.05) is 6.92 Å². The Balaban J connectivity index is 2.34. The predicted octanol–water partition coefficient (Wildman–Crippen LogP) is 2.72. The molecule has 0 aliphatic carbocycles. The van der Waals surface area contributed by atoms with Crippen LogP contribution in [0, 0.1) is 5.92 Å². The van der Waals surface area contributed by atoms with Crippen LogP contribution in [0.15, 0.2) is 14.7 Å². The lowest BCUT2D eigenvalue weighted by molar-refractivity contribution is 0.0606. The van der Waals surface area contributed by atoms with Crippen LogP contribution >= 0.6 is 27.3 Å². The largest absolute Gasteiger partial charge is 0.465 e. The third-order valence-corrected chi connectivity index (χ3v) is 7.38. The fourth-order valence-electron chi connectivity index (χ4n) is 2.23. The first-order valence-electron chi connectivity index (χ1n) is 6.24. The van der Waals surface area contributed by atoms with Crippen molar-refractivity contribution in [2.24, 2.45) is 5.92 Å². The van der Waals surface area contributed by atoms with Gasteiger partial charge in [0.2, 0.25) is 10.0 Å². The number of esters is 1. The van der Waals surface area contributed by atoms with Crippen molar-refractivity contribution in [2.75, 3.05) is 20.2 Å². The third kappa shape index (κ3) is 3.08. The molecule has 1 aromatic heterocycles. The van der Waals surface area contributed by atoms with Gasteiger partial charge in [-0.15, -0.1) is 11.3 Å². The van der Waals surface area contributed by atoms with Gasteiger partial charge in [0.1, 0.15) is 9.77 Å². The summed E-state index contributed by atoms with van der Waals surface area (Å²) in [6.45, 7) is 3.10. The average Bonchev–Trinajstić information content (AvgIpc) is 2.80. The fraction of sp³-hybridized carbons (Fsp3) is 0.583. The molecule has 0 spiro atoms. The lowest BCUT2D eigenvalue weighted by Crippen LogP contribution is -2.39. The highest BCUT2D eigenvalue weighted by Gasteiger charge is 2.32. The van der Waals surface area contributed by atoms with E-state index in [0.717, 1.165) is 24.2 Å². The van der Waals surface area contributed by atoms with Gasteiger partial charge in [-0.05, 0) is 40.8 Å². The second-order valence-electron chi connectivity index (χ2n) is 4.85. The number of carbonyl (C=O) groups excluding carboxylic acids is 1. The van der Waals surface area contributed by atoms with Gasteiger partial charge >= 0.3 is 5.97 Å². The summed E-state index contributed by atoms with van der Waals surface area (Å²) in [5.41, 5.74) is 0. The second kappa shape index (κ2) is 6.13. The first-order chi connectivity index (χ1) is 9.36. The zero-order chi connectivity index (χ0) is 14.9. The molecule has 20 heavy (non-hydrogen) atoms. The van der Waals surface area contributed by atoms with Crippen LogP contribution in [0.3, 0.4) is 0 Å². The summed E-state index contributed by atoms with van der Waals surface area (Å²) in [7, 11) is -2.28. The van der Waals surface area contributed by atoms with E-state index in [9.17, 15) is 13.2 Å². The zero-order valence-corrected chi connectivity index (χ0v) is 14.5. The Morgan fingerprint density at radius 1 is 1.55 bits per heavy atom. The number of ether oxygens (including phenoxy) is 1. The maximum Gasteiger partial charge on any atom is 0.348 e. The number of nitrogens with zero attached hydrogens (tertiary/aromatic N) is 1. The maximum absolute atomic E-state index is 12.6. The summed E-state index contributed by atoms with van der Waals surface area (Å²) in [6, 6.07) is 1.38. The first kappa shape index (κ1) is 15.9. The van der Waals surface area contributed by atoms with Crippen molar-refractivity contribution in [1.82, 2.24) is 4.31 Å². The minimum absolute atomic E-state index is 0.150. The van der Waals surface area contributed by atoms with Crippen LogP contribution in [-0.2, 0) is 14.8 Å². The molecule has 0 bridgehead atoms. The molecular formula is C12H16BrNO4S2. The summed E-state index contributed by atoms with van der Waals surface area (Å²) in [6.07, 6.45) is 1.91. The predicted molar refractivity (Wildman–Crippen MR) is 80.5 cm³/mol. The van der Waals surface area contributed by atoms with E-state index in [2.05, 4.69) is 20.7 Å². The molecule has 2 rings (SSSR count). The number of piperidine rings is 1. The van der Waals surface area contributed by atoms with E-state index in [4.69, 9.17) is 0 Å². The normalized spacial score (nSPS) is 20.9. The van der Waals surface area contributed by atoms with Crippen molar-refractivity contribution in [2.45, 2.75) is 24.7 Å². The molecule has 1 atom stereocenters. The summed E-state index contributed by atoms with van der Waals surface area (Å²) in [5.74, 6) is -0.167. The Bertz CT molecular complexity index is 611. The number of rotatable bonds is 3. The topological polar surface area (TPSA) is 63.7 Å². The molecule has 112 valence electrons. The van der Waals surface area contributed by atoms with E-state index in [1.807, 2.05) is 6.92 Å². The molecule has 8 heteroatoms. The molecule has 5 nitrogen and oxygen atoms in total. The molecule has 2 heterocycles. The number of hydrogen-bond acceptors (Lipinski definition) is 5. The molecule has 0 aromatic carbocycles. The van der Waals surface area contributed by atoms with Gasteiger partial charge in [-0.25, -0.2) is 13.2 Å². The maximum atomic E-state index is 12.6. The Morgan fingerprint density at radius 2 is 2.25 bits per heavy atom. The molecule has 0 saturated carbocycles. The monoisotopic (exact) mass is 381 g/mol. The van der Waals surface area contributed by atoms with Crippen molar-refractivity contribution in [3.05, 3.63) is 14.7 Å². The van der Waals surface area contributed by atoms with Crippen LogP contribution < -0.4 is 0 Å². The van der Waals surface area contributed by atoms with Crippen molar-refractivity contribution < 1.29 is 17.9 Å². The number of halogens is 1. The zero-order valence-electron chi connectivity index (χ0n) is 11.3. The smallest absolute Gasteiger partial charge is 0.348 e. The number of sulfonamides is 1. The van der Waals surface area contributed by atoms with Crippen LogP contribution in [-0.4, -0.2) is 38.9 Å². The number of carbonyl (C=O) groups is 1. The van der Waals surface area contributed by atoms with Crippen molar-refractivity contribution in [3.63, 3.8) is 0 Å². The molecule has 0 N–H and O–H groups in total. The van der Waals surface area contributed by atoms with Gasteiger partial charge in [0.25, 0.3) is 0 Å². The summed E-state index contributed by atoms with van der Waals surface area (Å²) in [4.78, 5) is 11.9. The minimum Gasteiger partial charge on any atom is -0.465 e. The highest BCUT2D eigenvalue weighted by atomic mass is 79.9. The summed E-state index contributed by atoms with van der Waals surface area (Å²) < 4.78 is 31.8. The molecule has 1 fully saturated rings. The molecule has 1 aliphatic rings. The van der Waals surface area contributed by atoms with Crippen molar-refractivity contribution >= 4 is 43.3 Å². The standard InChI is InChI=1S/C12H16BrNO4S2/c1-8-4-3-5-14(7-8)20(16,17)10-6-9(12(15)18-2)19-11(10)13/h6,8H,3-5,7H2,1-2H3/t8-/m0/s1. The van der Waals surface area contributed by atoms with Crippen LogP contribution in [0.1, 0.15) is 29.4 Å². The second-order valence-corrected chi connectivity index (χ2v) is 9.13. The fourth-order valence-corrected chi connectivity index (χ4v) is 6.26. The lowest BCUT2D eigenvalue weighted by Gasteiger charge is -2.29. The van der Waals surface area contributed by atoms with Gasteiger partial charge in [-0.3, -0.25) is 0 Å². The van der Waals surface area contributed by atoms with E-state index in [0.29, 0.717) is 22.8 Å². The minimum atomic E-state index is -3.56. The van der Waals surface area contributed by atoms with Gasteiger partial charge < -0.3 is 4.74 Å². The quantitative estimate of drug-likeness (QED) is 0.755. The number of methoxy groups -OCH3 is 1. The van der Waals surface area contributed by atoms with Crippen molar-refractivity contribution in [3.8, 4) is 0 Å². The molecule has 1 aromatic rings. The molecule has 1 saturated heterocycles. The Hall–Kier alpha value is -0.440. The van der Waals surface area contributed by atoms with E-state index in [1.54, 1.807) is 0 Å². The van der Waals surface area contributed by atoms with Gasteiger partial charge in [-0.2, -0.15) is 4.31 Å². The van der Waals surface area contributed by atoms with E-state index >= 15 is 0 Å². The molecular weight excluding hydrogens is 366 g/mol. The molecule has 0 amide bonds. The van der Waals surface area contributed by atoms with Gasteiger partial charge in [0.15, 0.2) is 0 Å². The van der Waals surface area contributed by atoms with E-state index in [1.165, 1.54) is 17.5 Å². The molecule has 0 radical (unpaired) electrons. The third-order valence-electron chi connectivity index (χ3n) is 3.28. The summed E-state index contributed by atoms with van der Waals surface area (Å²) >= 11 is 4.31. The first-order valence-corrected chi connectivity index (χ1v) is 9.29. The molecule has 0 unspecified atom stereocenters. The van der Waals surface area contributed by atoms with Gasteiger partial charge in [0, 0.05) is 13.1 Å². The van der Waals surface area contributed by atoms with Crippen LogP contribution in [0.2, 0.25) is 0 Å². The highest BCUT2D eigenvalue weighted by molar-refractivity contribution is 9.11. The van der Waals surface area contributed by atoms with E-state index in [-0.39, 0.29) is 9.77 Å². The Morgan fingerprint density at radius 3 is 2.85 bits per heavy atom. The summed E-state index contributed by atoms with van der Waals surface area (Å²) in [5, 5.41) is 0. The number of thiophene rings is 1. The highest BCUT2D eigenvalue weighted by Crippen LogP contribution is 2.35. The Labute approximate surface area is 131 Å². The van der Waals surface area contributed by atoms with Gasteiger partial charge in [0.05, 0.1) is 10.9 Å². The Kier molecular flexibility index (Phi) is 4.88. The molecule has 1 aliphatic heterocycles. The number of hydrogen-bond donors (Lipinski definition) is 0. The average molecular weight is 382 g/mol. The van der Waals surface area contributed by atoms with Crippen LogP contribution in [0.4, 0.5) is 0 Å². The van der Waals surface area contributed by atoms with E-state index < -0.39 is 16.0 Å². The van der Waals surface area contributed by atoms with Crippen molar-refractivity contribution in [1.29, 1.82) is 0 Å².